The summed E-state index contributed by atoms with van der Waals surface area (Å²) in [5.41, 5.74) is 2.29. The molecule has 8 aliphatic heterocycles. The van der Waals surface area contributed by atoms with Gasteiger partial charge in [0.1, 0.15) is 0 Å². The second-order valence-corrected chi connectivity index (χ2v) is 17.8. The molecule has 23 nitrogen and oxygen atoms in total. The number of halogens is 5. The number of rotatable bonds is 9. The number of carbonyl (C=O) groups excluding carboxylic acids is 4. The van der Waals surface area contributed by atoms with Crippen LogP contribution in [0.5, 0.6) is 0 Å². The highest BCUT2D eigenvalue weighted by atomic mass is 127. The summed E-state index contributed by atoms with van der Waals surface area (Å²) in [4.78, 5) is 65.8. The van der Waals surface area contributed by atoms with Crippen LogP contribution in [0, 0.1) is 23.8 Å². The molecule has 4 atom stereocenters. The zero-order valence-electron chi connectivity index (χ0n) is 37.9. The number of likely N-dealkylation sites (N-methyl/N-ethyl adjacent to an activating group) is 1. The number of amides is 8. The smallest absolute Gasteiger partial charge is 0.319 e. The first-order chi connectivity index (χ1) is 34.1. The molecule has 0 aliphatic carbocycles. The molecule has 8 aliphatic rings. The Kier molecular flexibility index (Phi) is 15.4. The van der Waals surface area contributed by atoms with E-state index in [2.05, 4.69) is 67.3 Å². The molecule has 376 valence electrons. The molecular weight excluding hydrogens is 1060 g/mol. The number of fused-ring (bicyclic) bond motifs is 8. The minimum absolute atomic E-state index is 0.0175. The molecular formula is C43H47F4IN16O7. The van der Waals surface area contributed by atoms with Gasteiger partial charge in [-0.3, -0.25) is 20.0 Å². The molecule has 4 fully saturated rings. The van der Waals surface area contributed by atoms with Gasteiger partial charge in [-0.25, -0.2) is 33.2 Å². The van der Waals surface area contributed by atoms with Crippen LogP contribution in [0.3, 0.4) is 0 Å². The highest BCUT2D eigenvalue weighted by Crippen LogP contribution is 2.29. The number of carbonyl (C=O) groups is 4. The standard InChI is InChI=1S/C12H13FN4O2.C10H11FN4O.C9H9FN4O2.C9H11IN2O2.C3H3FN2/c1-2-5-19-17-10-6-9(7-15(8-10)12(17)18)16-4-3-11(13)14-16;1-13-7-4-8(6-14(5-7)10(13)16)15-3-2-9(11)12-15;10-8-1-2-13(11-8)6-3-7-5-12(4-6)9(15)14(7)16;1-2-3-14-12-8-4-7(10)5-11(6-8)9(12)13;4-3-1-2-5-6-3/h2-4,6,10H,1,5,7-8H2;2-4,7H,5-6H2,1H3;1-3,7,16H,4-5H2;2,4,8H,1,3,5-6H2;1-2H,(H,5,6). The molecule has 0 aromatic carbocycles. The molecule has 8 amide bonds. The largest absolute Gasteiger partial charge is 0.345 e. The summed E-state index contributed by atoms with van der Waals surface area (Å²) in [6, 6.07) is 4.03. The van der Waals surface area contributed by atoms with E-state index in [4.69, 9.17) is 9.68 Å². The molecule has 12 rings (SSSR count). The molecule has 0 saturated carbocycles. The number of hydrogen-bond donors (Lipinski definition) is 2. The molecule has 4 aromatic rings. The number of hydrogen-bond acceptors (Lipinski definition) is 11. The van der Waals surface area contributed by atoms with Gasteiger partial charge in [-0.2, -0.15) is 37.8 Å². The van der Waals surface area contributed by atoms with E-state index in [9.17, 15) is 41.9 Å². The lowest BCUT2D eigenvalue weighted by Gasteiger charge is -2.21. The fraction of sp³-hybridized carbons (Fsp3) is 0.349. The monoisotopic (exact) mass is 1100 g/mol. The number of aromatic nitrogens is 8. The van der Waals surface area contributed by atoms with Gasteiger partial charge >= 0.3 is 24.1 Å². The van der Waals surface area contributed by atoms with Crippen molar-refractivity contribution in [3.63, 3.8) is 0 Å². The maximum absolute atomic E-state index is 12.9. The molecule has 28 heteroatoms. The number of hydroxylamine groups is 6. The van der Waals surface area contributed by atoms with Crippen molar-refractivity contribution in [2.75, 3.05) is 72.6 Å². The van der Waals surface area contributed by atoms with Gasteiger partial charge in [-0.15, -0.1) is 28.5 Å². The van der Waals surface area contributed by atoms with Crippen LogP contribution in [-0.4, -0.2) is 205 Å². The van der Waals surface area contributed by atoms with Crippen molar-refractivity contribution in [1.29, 1.82) is 0 Å². The summed E-state index contributed by atoms with van der Waals surface area (Å²) < 4.78 is 55.5. The Labute approximate surface area is 416 Å². The first kappa shape index (κ1) is 50.1. The SMILES string of the molecule is C=CCON1C(=O)N2CC(I)=CC1C2.C=CCON1C(=O)N2CC(n3ccc(F)n3)=CC1C2.CN1C(=O)N2CC(n3ccc(F)n3)=CC1C2.Fc1ccn[nH]1.O=C1N2CC(n3ccc(F)n3)=CC(C2)N1O. The zero-order chi connectivity index (χ0) is 50.5. The number of aromatic amines is 1. The Bertz CT molecular complexity index is 2670. The van der Waals surface area contributed by atoms with Crippen LogP contribution in [0.25, 0.3) is 17.1 Å². The maximum atomic E-state index is 12.9. The third-order valence-corrected chi connectivity index (χ3v) is 12.3. The first-order valence-electron chi connectivity index (χ1n) is 21.8. The Hall–Kier alpha value is -7.31. The van der Waals surface area contributed by atoms with Gasteiger partial charge in [-0.05, 0) is 46.9 Å². The number of H-pyrrole nitrogens is 1. The fourth-order valence-corrected chi connectivity index (χ4v) is 9.16. The first-order valence-corrected chi connectivity index (χ1v) is 22.9. The highest BCUT2D eigenvalue weighted by Gasteiger charge is 2.43. The average Bonchev–Trinajstić information content (AvgIpc) is 4.28. The van der Waals surface area contributed by atoms with Crippen LogP contribution in [0.15, 0.2) is 102 Å². The predicted molar refractivity (Wildman–Crippen MR) is 250 cm³/mol. The Morgan fingerprint density at radius 3 is 1.46 bits per heavy atom. The Balaban J connectivity index is 0.000000123. The maximum Gasteiger partial charge on any atom is 0.345 e. The second-order valence-electron chi connectivity index (χ2n) is 16.4. The van der Waals surface area contributed by atoms with Crippen molar-refractivity contribution >= 4 is 63.8 Å². The number of urea groups is 4. The van der Waals surface area contributed by atoms with E-state index in [1.807, 2.05) is 12.2 Å². The minimum atomic E-state index is -0.569. The van der Waals surface area contributed by atoms with Crippen LogP contribution >= 0.6 is 22.6 Å². The van der Waals surface area contributed by atoms with Gasteiger partial charge in [0, 0.05) is 79.7 Å². The summed E-state index contributed by atoms with van der Waals surface area (Å²) in [7, 11) is 1.77. The van der Waals surface area contributed by atoms with Crippen molar-refractivity contribution in [2.45, 2.75) is 24.2 Å². The fourth-order valence-electron chi connectivity index (χ4n) is 8.33. The minimum Gasteiger partial charge on any atom is -0.319 e. The quantitative estimate of drug-likeness (QED) is 0.105. The lowest BCUT2D eigenvalue weighted by atomic mass is 10.2. The molecule has 71 heavy (non-hydrogen) atoms. The van der Waals surface area contributed by atoms with Crippen molar-refractivity contribution in [3.8, 4) is 0 Å². The highest BCUT2D eigenvalue weighted by molar-refractivity contribution is 14.1. The predicted octanol–water partition coefficient (Wildman–Crippen LogP) is 4.18. The lowest BCUT2D eigenvalue weighted by molar-refractivity contribution is -0.107. The van der Waals surface area contributed by atoms with Gasteiger partial charge in [0.15, 0.2) is 0 Å². The molecule has 12 heterocycles. The van der Waals surface area contributed by atoms with E-state index in [0.29, 0.717) is 63.2 Å². The molecule has 4 aromatic heterocycles. The van der Waals surface area contributed by atoms with Crippen LogP contribution in [0.4, 0.5) is 36.7 Å². The third kappa shape index (κ3) is 11.3. The van der Waals surface area contributed by atoms with Gasteiger partial charge < -0.3 is 24.5 Å². The molecule has 2 N–H and O–H groups in total. The summed E-state index contributed by atoms with van der Waals surface area (Å²) in [5, 5.41) is 29.3. The average molecular weight is 1100 g/mol. The van der Waals surface area contributed by atoms with Crippen LogP contribution in [-0.2, 0) is 9.68 Å². The van der Waals surface area contributed by atoms with Gasteiger partial charge in [0.25, 0.3) is 0 Å². The molecule has 8 bridgehead atoms. The summed E-state index contributed by atoms with van der Waals surface area (Å²) in [5.74, 6) is -2.01. The van der Waals surface area contributed by atoms with Crippen molar-refractivity contribution in [1.82, 2.24) is 79.2 Å². The topological polar surface area (TPSA) is 215 Å². The second kappa shape index (κ2) is 21.8. The van der Waals surface area contributed by atoms with Crippen molar-refractivity contribution in [3.05, 3.63) is 126 Å². The Morgan fingerprint density at radius 1 is 0.634 bits per heavy atom. The van der Waals surface area contributed by atoms with Crippen molar-refractivity contribution in [2.24, 2.45) is 0 Å². The van der Waals surface area contributed by atoms with Crippen molar-refractivity contribution < 1.29 is 51.6 Å². The number of nitrogens with one attached hydrogen (secondary N) is 1. The van der Waals surface area contributed by atoms with E-state index in [1.54, 1.807) is 51.1 Å². The van der Waals surface area contributed by atoms with Crippen LogP contribution in [0.2, 0.25) is 0 Å². The Morgan fingerprint density at radius 2 is 1.06 bits per heavy atom. The summed E-state index contributed by atoms with van der Waals surface area (Å²) in [6.07, 6.45) is 16.8. The van der Waals surface area contributed by atoms with Gasteiger partial charge in [0.05, 0.1) is 86.8 Å². The molecule has 4 saturated heterocycles. The van der Waals surface area contributed by atoms with Gasteiger partial charge in [0.2, 0.25) is 23.8 Å². The van der Waals surface area contributed by atoms with Gasteiger partial charge in [-0.1, -0.05) is 12.2 Å². The third-order valence-electron chi connectivity index (χ3n) is 11.6. The normalized spacial score (nSPS) is 22.4. The van der Waals surface area contributed by atoms with E-state index in [-0.39, 0.29) is 48.9 Å². The summed E-state index contributed by atoms with van der Waals surface area (Å²) >= 11 is 2.25. The summed E-state index contributed by atoms with van der Waals surface area (Å²) in [6.45, 7) is 12.2. The van der Waals surface area contributed by atoms with E-state index < -0.39 is 29.8 Å². The molecule has 0 spiro atoms. The van der Waals surface area contributed by atoms with E-state index >= 15 is 0 Å². The van der Waals surface area contributed by atoms with E-state index in [1.165, 1.54) is 75.5 Å². The zero-order valence-corrected chi connectivity index (χ0v) is 40.0. The number of nitrogens with zero attached hydrogens (tertiary/aromatic N) is 15. The van der Waals surface area contributed by atoms with E-state index in [0.717, 1.165) is 17.9 Å². The van der Waals surface area contributed by atoms with Crippen LogP contribution < -0.4 is 0 Å². The van der Waals surface area contributed by atoms with Crippen LogP contribution in [0.1, 0.15) is 0 Å². The molecule has 0 radical (unpaired) electrons. The lowest BCUT2D eigenvalue weighted by Crippen LogP contribution is -2.33. The molecule has 4 unspecified atom stereocenters.